The van der Waals surface area contributed by atoms with E-state index in [4.69, 9.17) is 4.74 Å². The second-order valence-corrected chi connectivity index (χ2v) is 5.44. The molecule has 0 fully saturated rings. The minimum absolute atomic E-state index is 0.261. The molecule has 0 aliphatic rings. The highest BCUT2D eigenvalue weighted by Crippen LogP contribution is 2.18. The number of carbonyl (C=O) groups is 1. The molecule has 0 atom stereocenters. The standard InChI is InChI=1S/C19H18FN3O2/c1-2-25-16-5-3-4-13(10-16)12-21-19(24)18-11-17(22-23-18)14-6-8-15(20)9-7-14/h3-11H,2,12H2,1H3,(H,21,24)(H,22,23). The van der Waals surface area contributed by atoms with Crippen LogP contribution in [0, 0.1) is 5.82 Å². The van der Waals surface area contributed by atoms with Gasteiger partial charge in [0.05, 0.1) is 12.3 Å². The van der Waals surface area contributed by atoms with E-state index in [9.17, 15) is 9.18 Å². The average Bonchev–Trinajstić information content (AvgIpc) is 3.11. The molecular weight excluding hydrogens is 321 g/mol. The second-order valence-electron chi connectivity index (χ2n) is 5.44. The maximum Gasteiger partial charge on any atom is 0.269 e. The average molecular weight is 339 g/mol. The van der Waals surface area contributed by atoms with Crippen LogP contribution in [0.2, 0.25) is 0 Å². The van der Waals surface area contributed by atoms with E-state index in [-0.39, 0.29) is 11.7 Å². The first-order valence-corrected chi connectivity index (χ1v) is 7.97. The molecule has 6 heteroatoms. The summed E-state index contributed by atoms with van der Waals surface area (Å²) in [6.07, 6.45) is 0. The first kappa shape index (κ1) is 16.7. The molecular formula is C19H18FN3O2. The zero-order valence-corrected chi connectivity index (χ0v) is 13.8. The van der Waals surface area contributed by atoms with Crippen molar-refractivity contribution in [1.29, 1.82) is 0 Å². The Morgan fingerprint density at radius 2 is 2.00 bits per heavy atom. The Bertz CT molecular complexity index is 859. The molecule has 0 aliphatic carbocycles. The van der Waals surface area contributed by atoms with E-state index in [1.165, 1.54) is 12.1 Å². The zero-order chi connectivity index (χ0) is 17.6. The van der Waals surface area contributed by atoms with Crippen LogP contribution in [0.25, 0.3) is 11.3 Å². The quantitative estimate of drug-likeness (QED) is 0.722. The predicted octanol–water partition coefficient (Wildman–Crippen LogP) is 3.54. The summed E-state index contributed by atoms with van der Waals surface area (Å²) in [5.74, 6) is 0.198. The van der Waals surface area contributed by atoms with Gasteiger partial charge in [-0.3, -0.25) is 9.89 Å². The van der Waals surface area contributed by atoms with Gasteiger partial charge in [0.2, 0.25) is 0 Å². The van der Waals surface area contributed by atoms with Crippen LogP contribution in [-0.4, -0.2) is 22.7 Å². The molecule has 5 nitrogen and oxygen atoms in total. The third kappa shape index (κ3) is 4.23. The number of aromatic amines is 1. The summed E-state index contributed by atoms with van der Waals surface area (Å²) in [7, 11) is 0. The highest BCUT2D eigenvalue weighted by Gasteiger charge is 2.11. The fourth-order valence-electron chi connectivity index (χ4n) is 2.40. The molecule has 0 unspecified atom stereocenters. The topological polar surface area (TPSA) is 67.0 Å². The molecule has 0 bridgehead atoms. The lowest BCUT2D eigenvalue weighted by Gasteiger charge is -2.07. The van der Waals surface area contributed by atoms with E-state index in [2.05, 4.69) is 15.5 Å². The number of benzene rings is 2. The van der Waals surface area contributed by atoms with Gasteiger partial charge in [0.15, 0.2) is 0 Å². The van der Waals surface area contributed by atoms with Crippen molar-refractivity contribution in [2.75, 3.05) is 6.61 Å². The van der Waals surface area contributed by atoms with Gasteiger partial charge < -0.3 is 10.1 Å². The molecule has 0 spiro atoms. The first-order chi connectivity index (χ1) is 12.2. The monoisotopic (exact) mass is 339 g/mol. The van der Waals surface area contributed by atoms with Crippen molar-refractivity contribution < 1.29 is 13.9 Å². The smallest absolute Gasteiger partial charge is 0.269 e. The van der Waals surface area contributed by atoms with Gasteiger partial charge in [-0.05, 0) is 55.0 Å². The lowest BCUT2D eigenvalue weighted by atomic mass is 10.1. The molecule has 2 N–H and O–H groups in total. The van der Waals surface area contributed by atoms with Crippen LogP contribution in [0.15, 0.2) is 54.6 Å². The number of hydrogen-bond donors (Lipinski definition) is 2. The van der Waals surface area contributed by atoms with Crippen molar-refractivity contribution in [2.45, 2.75) is 13.5 Å². The fourth-order valence-corrected chi connectivity index (χ4v) is 2.40. The molecule has 3 rings (SSSR count). The van der Waals surface area contributed by atoms with Crippen LogP contribution in [-0.2, 0) is 6.54 Å². The van der Waals surface area contributed by atoms with Gasteiger partial charge >= 0.3 is 0 Å². The molecule has 1 amide bonds. The molecule has 3 aromatic rings. The molecule has 1 aromatic heterocycles. The number of hydrogen-bond acceptors (Lipinski definition) is 3. The Morgan fingerprint density at radius 3 is 2.76 bits per heavy atom. The Hall–Kier alpha value is -3.15. The van der Waals surface area contributed by atoms with E-state index in [1.807, 2.05) is 31.2 Å². The number of rotatable bonds is 6. The van der Waals surface area contributed by atoms with Crippen LogP contribution < -0.4 is 10.1 Å². The van der Waals surface area contributed by atoms with Crippen molar-refractivity contribution >= 4 is 5.91 Å². The van der Waals surface area contributed by atoms with Crippen LogP contribution in [0.5, 0.6) is 5.75 Å². The molecule has 0 aliphatic heterocycles. The zero-order valence-electron chi connectivity index (χ0n) is 13.8. The van der Waals surface area contributed by atoms with Crippen LogP contribution in [0.4, 0.5) is 4.39 Å². The molecule has 1 heterocycles. The van der Waals surface area contributed by atoms with E-state index in [0.717, 1.165) is 16.9 Å². The lowest BCUT2D eigenvalue weighted by molar-refractivity contribution is 0.0946. The molecule has 128 valence electrons. The summed E-state index contributed by atoms with van der Waals surface area (Å²) < 4.78 is 18.4. The Kier molecular flexibility index (Phi) is 5.09. The van der Waals surface area contributed by atoms with Gasteiger partial charge in [0, 0.05) is 12.1 Å². The summed E-state index contributed by atoms with van der Waals surface area (Å²) in [5.41, 5.74) is 2.61. The maximum absolute atomic E-state index is 13.0. The van der Waals surface area contributed by atoms with Crippen LogP contribution >= 0.6 is 0 Å². The van der Waals surface area contributed by atoms with Crippen molar-refractivity contribution in [3.8, 4) is 17.0 Å². The number of carbonyl (C=O) groups excluding carboxylic acids is 1. The largest absolute Gasteiger partial charge is 0.494 e. The number of aromatic nitrogens is 2. The third-order valence-electron chi connectivity index (χ3n) is 3.62. The highest BCUT2D eigenvalue weighted by molar-refractivity contribution is 5.93. The van der Waals surface area contributed by atoms with Gasteiger partial charge in [0.1, 0.15) is 17.3 Å². The van der Waals surface area contributed by atoms with Gasteiger partial charge in [-0.1, -0.05) is 12.1 Å². The van der Waals surface area contributed by atoms with Crippen molar-refractivity contribution in [2.24, 2.45) is 0 Å². The SMILES string of the molecule is CCOc1cccc(CNC(=O)c2cc(-c3ccc(F)cc3)n[nH]2)c1. The highest BCUT2D eigenvalue weighted by atomic mass is 19.1. The number of halogens is 1. The number of nitrogens with one attached hydrogen (secondary N) is 2. The van der Waals surface area contributed by atoms with E-state index >= 15 is 0 Å². The first-order valence-electron chi connectivity index (χ1n) is 7.97. The summed E-state index contributed by atoms with van der Waals surface area (Å²) in [5, 5.41) is 9.64. The number of nitrogens with zero attached hydrogens (tertiary/aromatic N) is 1. The van der Waals surface area contributed by atoms with Gasteiger partial charge in [-0.25, -0.2) is 4.39 Å². The molecule has 2 aromatic carbocycles. The summed E-state index contributed by atoms with van der Waals surface area (Å²) >= 11 is 0. The van der Waals surface area contributed by atoms with Crippen molar-refractivity contribution in [1.82, 2.24) is 15.5 Å². The van der Waals surface area contributed by atoms with E-state index < -0.39 is 0 Å². The van der Waals surface area contributed by atoms with Crippen LogP contribution in [0.1, 0.15) is 23.0 Å². The minimum atomic E-state index is -0.313. The fraction of sp³-hybridized carbons (Fsp3) is 0.158. The van der Waals surface area contributed by atoms with E-state index in [1.54, 1.807) is 18.2 Å². The van der Waals surface area contributed by atoms with E-state index in [0.29, 0.717) is 24.5 Å². The minimum Gasteiger partial charge on any atom is -0.494 e. The Morgan fingerprint density at radius 1 is 1.20 bits per heavy atom. The molecule has 0 saturated carbocycles. The van der Waals surface area contributed by atoms with Gasteiger partial charge in [-0.15, -0.1) is 0 Å². The molecule has 25 heavy (non-hydrogen) atoms. The summed E-state index contributed by atoms with van der Waals surface area (Å²) in [6, 6.07) is 15.1. The Labute approximate surface area is 144 Å². The van der Waals surface area contributed by atoms with Crippen molar-refractivity contribution in [3.63, 3.8) is 0 Å². The Balaban J connectivity index is 1.64. The summed E-state index contributed by atoms with van der Waals surface area (Å²) in [4.78, 5) is 12.3. The van der Waals surface area contributed by atoms with Crippen molar-refractivity contribution in [3.05, 3.63) is 71.7 Å². The number of ether oxygens (including phenoxy) is 1. The molecule has 0 saturated heterocycles. The molecule has 0 radical (unpaired) electrons. The van der Waals surface area contributed by atoms with Gasteiger partial charge in [0.25, 0.3) is 5.91 Å². The normalized spacial score (nSPS) is 10.5. The number of amides is 1. The maximum atomic E-state index is 13.0. The second kappa shape index (κ2) is 7.61. The number of H-pyrrole nitrogens is 1. The lowest BCUT2D eigenvalue weighted by Crippen LogP contribution is -2.23. The predicted molar refractivity (Wildman–Crippen MR) is 92.8 cm³/mol. The third-order valence-corrected chi connectivity index (χ3v) is 3.62. The van der Waals surface area contributed by atoms with Crippen LogP contribution in [0.3, 0.4) is 0 Å². The van der Waals surface area contributed by atoms with Gasteiger partial charge in [-0.2, -0.15) is 5.10 Å². The summed E-state index contributed by atoms with van der Waals surface area (Å²) in [6.45, 7) is 2.90.